The van der Waals surface area contributed by atoms with Crippen LogP contribution in [-0.2, 0) is 9.59 Å². The van der Waals surface area contributed by atoms with Crippen LogP contribution in [0.15, 0.2) is 34.6 Å². The maximum absolute atomic E-state index is 11.7. The van der Waals surface area contributed by atoms with Crippen LogP contribution in [0.5, 0.6) is 5.75 Å². The van der Waals surface area contributed by atoms with Crippen molar-refractivity contribution in [3.8, 4) is 5.75 Å². The molecule has 2 unspecified atom stereocenters. The highest BCUT2D eigenvalue weighted by atomic mass is 16.5. The van der Waals surface area contributed by atoms with Crippen molar-refractivity contribution in [1.82, 2.24) is 5.32 Å². The number of nitrogens with zero attached hydrogens (tertiary/aromatic N) is 3. The third-order valence-electron chi connectivity index (χ3n) is 2.96. The van der Waals surface area contributed by atoms with Crippen LogP contribution in [0, 0.1) is 0 Å². The van der Waals surface area contributed by atoms with E-state index in [1.807, 2.05) is 0 Å². The van der Waals surface area contributed by atoms with Crippen LogP contribution >= 0.6 is 0 Å². The largest absolute Gasteiger partial charge is 0.497 e. The molecule has 7 nitrogen and oxygen atoms in total. The van der Waals surface area contributed by atoms with E-state index in [0.717, 1.165) is 0 Å². The van der Waals surface area contributed by atoms with Crippen molar-refractivity contribution in [2.75, 3.05) is 12.1 Å². The number of hydrogen-bond acceptors (Lipinski definition) is 6. The Bertz CT molecular complexity index is 540. The van der Waals surface area contributed by atoms with Crippen molar-refractivity contribution in [3.05, 3.63) is 24.3 Å². The second-order valence-corrected chi connectivity index (χ2v) is 3.99. The minimum Gasteiger partial charge on any atom is -0.497 e. The third-order valence-corrected chi connectivity index (χ3v) is 2.96. The molecule has 0 spiro atoms. The Morgan fingerprint density at radius 1 is 1.22 bits per heavy atom. The number of hydrogen-bond donors (Lipinski definition) is 1. The maximum atomic E-state index is 11.7. The van der Waals surface area contributed by atoms with Crippen molar-refractivity contribution < 1.29 is 14.3 Å². The number of rotatable bonds is 2. The lowest BCUT2D eigenvalue weighted by Crippen LogP contribution is -2.38. The average Bonchev–Trinajstić information content (AvgIpc) is 2.93. The zero-order chi connectivity index (χ0) is 12.7. The summed E-state index contributed by atoms with van der Waals surface area (Å²) in [5.41, 5.74) is 0.692. The van der Waals surface area contributed by atoms with E-state index in [0.29, 0.717) is 11.4 Å². The molecule has 1 aromatic rings. The summed E-state index contributed by atoms with van der Waals surface area (Å²) in [6.45, 7) is 0. The van der Waals surface area contributed by atoms with Gasteiger partial charge in [0, 0.05) is 0 Å². The first-order chi connectivity index (χ1) is 8.70. The van der Waals surface area contributed by atoms with Crippen molar-refractivity contribution in [2.45, 2.75) is 12.1 Å². The number of carbonyl (C=O) groups excluding carboxylic acids is 2. The van der Waals surface area contributed by atoms with Crippen molar-refractivity contribution >= 4 is 17.5 Å². The van der Waals surface area contributed by atoms with Crippen molar-refractivity contribution in [2.24, 2.45) is 10.3 Å². The number of amides is 2. The average molecular weight is 246 g/mol. The first kappa shape index (κ1) is 10.7. The standard InChI is InChI=1S/C11H10N4O3/c1-18-7-4-2-6(3-5-7)15-9-8(13-14-15)10(16)12-11(9)17/h2-5,8-9H,1H3,(H,12,16,17). The molecule has 92 valence electrons. The van der Waals surface area contributed by atoms with Gasteiger partial charge in [-0.1, -0.05) is 5.22 Å². The van der Waals surface area contributed by atoms with Crippen molar-refractivity contribution in [3.63, 3.8) is 0 Å². The lowest BCUT2D eigenvalue weighted by atomic mass is 10.1. The maximum Gasteiger partial charge on any atom is 0.256 e. The van der Waals surface area contributed by atoms with Crippen LogP contribution in [0.2, 0.25) is 0 Å². The normalized spacial score (nSPS) is 25.3. The quantitative estimate of drug-likeness (QED) is 0.759. The summed E-state index contributed by atoms with van der Waals surface area (Å²) >= 11 is 0. The van der Waals surface area contributed by atoms with Crippen molar-refractivity contribution in [1.29, 1.82) is 0 Å². The summed E-state index contributed by atoms with van der Waals surface area (Å²) < 4.78 is 5.05. The van der Waals surface area contributed by atoms with Gasteiger partial charge in [-0.15, -0.1) is 0 Å². The zero-order valence-electron chi connectivity index (χ0n) is 9.53. The molecule has 2 heterocycles. The van der Waals surface area contributed by atoms with Crippen LogP contribution < -0.4 is 15.1 Å². The Labute approximate surface area is 102 Å². The molecule has 0 bridgehead atoms. The number of benzene rings is 1. The van der Waals surface area contributed by atoms with Gasteiger partial charge < -0.3 is 4.74 Å². The van der Waals surface area contributed by atoms with E-state index in [4.69, 9.17) is 4.74 Å². The Morgan fingerprint density at radius 3 is 2.61 bits per heavy atom. The minimum atomic E-state index is -0.736. The van der Waals surface area contributed by atoms with Crippen LogP contribution in [0.3, 0.4) is 0 Å². The Kier molecular flexibility index (Phi) is 2.26. The molecule has 0 aromatic heterocycles. The molecular weight excluding hydrogens is 236 g/mol. The summed E-state index contributed by atoms with van der Waals surface area (Å²) in [5, 5.41) is 11.4. The van der Waals surface area contributed by atoms with E-state index in [1.165, 1.54) is 5.01 Å². The summed E-state index contributed by atoms with van der Waals surface area (Å²) in [7, 11) is 1.57. The van der Waals surface area contributed by atoms with Gasteiger partial charge in [-0.2, -0.15) is 5.11 Å². The summed E-state index contributed by atoms with van der Waals surface area (Å²) in [6.07, 6.45) is 0. The number of fused-ring (bicyclic) bond motifs is 1. The van der Waals surface area contributed by atoms with Gasteiger partial charge in [0.2, 0.25) is 0 Å². The van der Waals surface area contributed by atoms with Crippen LogP contribution in [0.4, 0.5) is 5.69 Å². The Hall–Kier alpha value is -2.44. The Balaban J connectivity index is 1.91. The lowest BCUT2D eigenvalue weighted by molar-refractivity contribution is -0.125. The summed E-state index contributed by atoms with van der Waals surface area (Å²) in [5.74, 6) is -0.0611. The molecule has 2 atom stereocenters. The molecule has 18 heavy (non-hydrogen) atoms. The van der Waals surface area contributed by atoms with Gasteiger partial charge in [-0.25, -0.2) is 5.01 Å². The van der Waals surface area contributed by atoms with E-state index < -0.39 is 18.0 Å². The SMILES string of the molecule is COc1ccc(N2N=NC3C(=O)NC(=O)C32)cc1. The number of methoxy groups -OCH3 is 1. The smallest absolute Gasteiger partial charge is 0.256 e. The number of anilines is 1. The van der Waals surface area contributed by atoms with E-state index >= 15 is 0 Å². The number of imide groups is 1. The molecular formula is C11H10N4O3. The van der Waals surface area contributed by atoms with E-state index in [2.05, 4.69) is 15.7 Å². The van der Waals surface area contributed by atoms with E-state index in [1.54, 1.807) is 31.4 Å². The van der Waals surface area contributed by atoms with Crippen LogP contribution in [-0.4, -0.2) is 31.0 Å². The molecule has 3 rings (SSSR count). The fourth-order valence-corrected chi connectivity index (χ4v) is 2.03. The van der Waals surface area contributed by atoms with Gasteiger partial charge in [-0.3, -0.25) is 14.9 Å². The third kappa shape index (κ3) is 1.44. The number of nitrogens with one attached hydrogen (secondary N) is 1. The first-order valence-corrected chi connectivity index (χ1v) is 5.39. The first-order valence-electron chi connectivity index (χ1n) is 5.39. The molecule has 7 heteroatoms. The van der Waals surface area contributed by atoms with E-state index in [-0.39, 0.29) is 5.91 Å². The van der Waals surface area contributed by atoms with Gasteiger partial charge in [0.15, 0.2) is 12.1 Å². The fourth-order valence-electron chi connectivity index (χ4n) is 2.03. The minimum absolute atomic E-state index is 0.370. The van der Waals surface area contributed by atoms with Gasteiger partial charge in [0.05, 0.1) is 12.8 Å². The van der Waals surface area contributed by atoms with Gasteiger partial charge in [-0.05, 0) is 24.3 Å². The molecule has 0 aliphatic carbocycles. The molecule has 2 amide bonds. The Morgan fingerprint density at radius 2 is 1.94 bits per heavy atom. The van der Waals surface area contributed by atoms with Crippen LogP contribution in [0.25, 0.3) is 0 Å². The molecule has 1 saturated heterocycles. The second-order valence-electron chi connectivity index (χ2n) is 3.99. The molecule has 1 aromatic carbocycles. The molecule has 1 fully saturated rings. The highest BCUT2D eigenvalue weighted by Crippen LogP contribution is 2.29. The highest BCUT2D eigenvalue weighted by Gasteiger charge is 2.49. The van der Waals surface area contributed by atoms with Gasteiger partial charge >= 0.3 is 0 Å². The predicted molar refractivity (Wildman–Crippen MR) is 61.1 cm³/mol. The second kappa shape index (κ2) is 3.80. The molecule has 0 radical (unpaired) electrons. The fraction of sp³-hybridized carbons (Fsp3) is 0.273. The van der Waals surface area contributed by atoms with E-state index in [9.17, 15) is 9.59 Å². The van der Waals surface area contributed by atoms with Gasteiger partial charge in [0.1, 0.15) is 5.75 Å². The molecule has 2 aliphatic heterocycles. The lowest BCUT2D eigenvalue weighted by Gasteiger charge is -2.18. The monoisotopic (exact) mass is 246 g/mol. The number of ether oxygens (including phenoxy) is 1. The summed E-state index contributed by atoms with van der Waals surface area (Å²) in [6, 6.07) is 5.62. The predicted octanol–water partition coefficient (Wildman–Crippen LogP) is 0.276. The molecule has 2 aliphatic rings. The zero-order valence-corrected chi connectivity index (χ0v) is 9.53. The van der Waals surface area contributed by atoms with Gasteiger partial charge in [0.25, 0.3) is 11.8 Å². The highest BCUT2D eigenvalue weighted by molar-refractivity contribution is 6.11. The summed E-state index contributed by atoms with van der Waals surface area (Å²) in [4.78, 5) is 23.1. The van der Waals surface area contributed by atoms with Crippen LogP contribution in [0.1, 0.15) is 0 Å². The number of carbonyl (C=O) groups is 2. The topological polar surface area (TPSA) is 83.4 Å². The molecule has 1 N–H and O–H groups in total. The molecule has 0 saturated carbocycles.